The molecule has 0 bridgehead atoms. The van der Waals surface area contributed by atoms with Gasteiger partial charge in [0.2, 0.25) is 0 Å². The second kappa shape index (κ2) is 9.50. The van der Waals surface area contributed by atoms with E-state index in [4.69, 9.17) is 4.74 Å². The Hall–Kier alpha value is -1.39. The summed E-state index contributed by atoms with van der Waals surface area (Å²) in [7, 11) is 3.47. The molecule has 0 aliphatic carbocycles. The molecule has 0 aromatic heterocycles. The average Bonchev–Trinajstić information content (AvgIpc) is 2.49. The van der Waals surface area contributed by atoms with Crippen molar-refractivity contribution in [3.63, 3.8) is 0 Å². The molecule has 0 aliphatic heterocycles. The lowest BCUT2D eigenvalue weighted by Crippen LogP contribution is -2.46. The van der Waals surface area contributed by atoms with Gasteiger partial charge >= 0.3 is 5.97 Å². The highest BCUT2D eigenvalue weighted by molar-refractivity contribution is 5.75. The van der Waals surface area contributed by atoms with Crippen LogP contribution in [0.5, 0.6) is 0 Å². The molecule has 1 atom stereocenters. The van der Waals surface area contributed by atoms with Gasteiger partial charge in [0.1, 0.15) is 6.04 Å². The summed E-state index contributed by atoms with van der Waals surface area (Å²) in [5, 5.41) is 3.23. The van der Waals surface area contributed by atoms with Crippen LogP contribution in [0.4, 0.5) is 0 Å². The van der Waals surface area contributed by atoms with Gasteiger partial charge in [-0.15, -0.1) is 0 Å². The Labute approximate surface area is 122 Å². The largest absolute Gasteiger partial charge is 0.468 e. The lowest BCUT2D eigenvalue weighted by atomic mass is 10.1. The Balaban J connectivity index is 2.40. The molecule has 0 amide bonds. The van der Waals surface area contributed by atoms with Crippen LogP contribution in [-0.2, 0) is 16.0 Å². The monoisotopic (exact) mass is 278 g/mol. The first-order valence-electron chi connectivity index (χ1n) is 7.21. The zero-order valence-corrected chi connectivity index (χ0v) is 12.8. The van der Waals surface area contributed by atoms with E-state index in [0.717, 1.165) is 25.9 Å². The number of hydrogen-bond donors (Lipinski definition) is 1. The van der Waals surface area contributed by atoms with E-state index < -0.39 is 0 Å². The van der Waals surface area contributed by atoms with Crippen molar-refractivity contribution in [2.24, 2.45) is 0 Å². The highest BCUT2D eigenvalue weighted by Crippen LogP contribution is 2.01. The molecular formula is C16H26N2O2. The first-order valence-corrected chi connectivity index (χ1v) is 7.21. The van der Waals surface area contributed by atoms with Crippen molar-refractivity contribution in [3.05, 3.63) is 35.9 Å². The van der Waals surface area contributed by atoms with Gasteiger partial charge in [-0.25, -0.2) is 0 Å². The number of nitrogens with one attached hydrogen (secondary N) is 1. The normalized spacial score (nSPS) is 12.4. The third-order valence-corrected chi connectivity index (χ3v) is 3.25. The van der Waals surface area contributed by atoms with Crippen LogP contribution in [0.25, 0.3) is 0 Å². The Morgan fingerprint density at radius 1 is 1.35 bits per heavy atom. The van der Waals surface area contributed by atoms with Crippen LogP contribution in [0.1, 0.15) is 18.9 Å². The molecule has 20 heavy (non-hydrogen) atoms. The molecule has 4 heteroatoms. The van der Waals surface area contributed by atoms with Crippen molar-refractivity contribution in [1.29, 1.82) is 0 Å². The molecule has 112 valence electrons. The number of methoxy groups -OCH3 is 1. The first-order chi connectivity index (χ1) is 9.67. The van der Waals surface area contributed by atoms with Gasteiger partial charge in [0.15, 0.2) is 0 Å². The van der Waals surface area contributed by atoms with Crippen LogP contribution in [0, 0.1) is 0 Å². The molecule has 1 rings (SSSR count). The number of rotatable bonds is 9. The summed E-state index contributed by atoms with van der Waals surface area (Å²) >= 11 is 0. The number of nitrogens with zero attached hydrogens (tertiary/aromatic N) is 1. The number of likely N-dealkylation sites (N-methyl/N-ethyl adjacent to an activating group) is 1. The molecule has 0 saturated carbocycles. The molecule has 0 radical (unpaired) electrons. The molecule has 1 aromatic rings. The fourth-order valence-electron chi connectivity index (χ4n) is 2.05. The van der Waals surface area contributed by atoms with Crippen molar-refractivity contribution in [2.75, 3.05) is 33.8 Å². The summed E-state index contributed by atoms with van der Waals surface area (Å²) in [6, 6.07) is 10.1. The number of hydrogen-bond acceptors (Lipinski definition) is 4. The third kappa shape index (κ3) is 6.17. The van der Waals surface area contributed by atoms with Crippen molar-refractivity contribution in [2.45, 2.75) is 25.8 Å². The predicted octanol–water partition coefficient (Wildman–Crippen LogP) is 1.70. The minimum absolute atomic E-state index is 0.190. The summed E-state index contributed by atoms with van der Waals surface area (Å²) in [5.41, 5.74) is 1.32. The third-order valence-electron chi connectivity index (χ3n) is 3.25. The van der Waals surface area contributed by atoms with Crippen molar-refractivity contribution < 1.29 is 9.53 Å². The number of carbonyl (C=O) groups is 1. The second-order valence-electron chi connectivity index (χ2n) is 5.03. The Morgan fingerprint density at radius 3 is 2.65 bits per heavy atom. The Morgan fingerprint density at radius 2 is 2.05 bits per heavy atom. The minimum atomic E-state index is -0.249. The lowest BCUT2D eigenvalue weighted by molar-refractivity contribution is -0.143. The van der Waals surface area contributed by atoms with E-state index >= 15 is 0 Å². The van der Waals surface area contributed by atoms with Gasteiger partial charge < -0.3 is 15.0 Å². The van der Waals surface area contributed by atoms with E-state index in [0.29, 0.717) is 6.54 Å². The summed E-state index contributed by atoms with van der Waals surface area (Å²) in [6.45, 7) is 4.50. The van der Waals surface area contributed by atoms with Gasteiger partial charge in [-0.1, -0.05) is 37.3 Å². The SMILES string of the molecule is CCCNC(CN(C)CCc1ccccc1)C(=O)OC. The molecule has 0 spiro atoms. The summed E-state index contributed by atoms with van der Waals surface area (Å²) in [6.07, 6.45) is 1.99. The molecule has 1 unspecified atom stereocenters. The molecule has 4 nitrogen and oxygen atoms in total. The first kappa shape index (κ1) is 16.7. The van der Waals surface area contributed by atoms with Gasteiger partial charge in [-0.3, -0.25) is 4.79 Å². The standard InChI is InChI=1S/C16H26N2O2/c1-4-11-17-15(16(19)20-3)13-18(2)12-10-14-8-6-5-7-9-14/h5-9,15,17H,4,10-13H2,1-3H3. The van der Waals surface area contributed by atoms with E-state index in [-0.39, 0.29) is 12.0 Å². The molecule has 0 aliphatic rings. The van der Waals surface area contributed by atoms with E-state index in [9.17, 15) is 4.79 Å². The summed E-state index contributed by atoms with van der Waals surface area (Å²) in [4.78, 5) is 13.9. The van der Waals surface area contributed by atoms with E-state index in [1.54, 1.807) is 0 Å². The fraction of sp³-hybridized carbons (Fsp3) is 0.562. The molecule has 0 fully saturated rings. The van der Waals surface area contributed by atoms with Crippen LogP contribution >= 0.6 is 0 Å². The fourth-order valence-corrected chi connectivity index (χ4v) is 2.05. The average molecular weight is 278 g/mol. The number of ether oxygens (including phenoxy) is 1. The van der Waals surface area contributed by atoms with Gasteiger partial charge in [-0.05, 0) is 32.0 Å². The maximum atomic E-state index is 11.7. The smallest absolute Gasteiger partial charge is 0.324 e. The Bertz CT molecular complexity index is 381. The highest BCUT2D eigenvalue weighted by atomic mass is 16.5. The van der Waals surface area contributed by atoms with Gasteiger partial charge in [0, 0.05) is 13.1 Å². The quantitative estimate of drug-likeness (QED) is 0.698. The summed E-state index contributed by atoms with van der Waals surface area (Å²) < 4.78 is 4.84. The zero-order chi connectivity index (χ0) is 14.8. The van der Waals surface area contributed by atoms with Gasteiger partial charge in [0.25, 0.3) is 0 Å². The molecule has 1 aromatic carbocycles. The maximum absolute atomic E-state index is 11.7. The van der Waals surface area contributed by atoms with Crippen molar-refractivity contribution in [1.82, 2.24) is 10.2 Å². The van der Waals surface area contributed by atoms with Crippen molar-refractivity contribution in [3.8, 4) is 0 Å². The number of carbonyl (C=O) groups excluding carboxylic acids is 1. The van der Waals surface area contributed by atoms with Crippen LogP contribution in [0.15, 0.2) is 30.3 Å². The van der Waals surface area contributed by atoms with Crippen LogP contribution < -0.4 is 5.32 Å². The minimum Gasteiger partial charge on any atom is -0.468 e. The molecule has 0 heterocycles. The second-order valence-corrected chi connectivity index (χ2v) is 5.03. The summed E-state index contributed by atoms with van der Waals surface area (Å²) in [5.74, 6) is -0.190. The van der Waals surface area contributed by atoms with Crippen LogP contribution in [0.2, 0.25) is 0 Å². The number of benzene rings is 1. The number of esters is 1. The highest BCUT2D eigenvalue weighted by Gasteiger charge is 2.19. The topological polar surface area (TPSA) is 41.6 Å². The predicted molar refractivity (Wildman–Crippen MR) is 81.7 cm³/mol. The van der Waals surface area contributed by atoms with Crippen LogP contribution in [0.3, 0.4) is 0 Å². The molecule has 1 N–H and O–H groups in total. The zero-order valence-electron chi connectivity index (χ0n) is 12.8. The van der Waals surface area contributed by atoms with Gasteiger partial charge in [0.05, 0.1) is 7.11 Å². The molecular weight excluding hydrogens is 252 g/mol. The molecule has 0 saturated heterocycles. The van der Waals surface area contributed by atoms with E-state index in [2.05, 4.69) is 41.4 Å². The maximum Gasteiger partial charge on any atom is 0.324 e. The van der Waals surface area contributed by atoms with Crippen molar-refractivity contribution >= 4 is 5.97 Å². The van der Waals surface area contributed by atoms with Crippen LogP contribution in [-0.4, -0.2) is 50.7 Å². The van der Waals surface area contributed by atoms with E-state index in [1.165, 1.54) is 12.7 Å². The Kier molecular flexibility index (Phi) is 7.92. The van der Waals surface area contributed by atoms with E-state index in [1.807, 2.05) is 13.1 Å². The van der Waals surface area contributed by atoms with Gasteiger partial charge in [-0.2, -0.15) is 0 Å². The lowest BCUT2D eigenvalue weighted by Gasteiger charge is -2.23.